The fraction of sp³-hybridized carbons (Fsp3) is 0.600. The minimum absolute atomic E-state index is 0.169. The molecule has 1 aromatic rings. The van der Waals surface area contributed by atoms with E-state index in [-0.39, 0.29) is 11.7 Å². The third-order valence-electron chi connectivity index (χ3n) is 3.17. The molecule has 2 atom stereocenters. The highest BCUT2D eigenvalue weighted by molar-refractivity contribution is 5.21. The van der Waals surface area contributed by atoms with E-state index < -0.39 is 0 Å². The van der Waals surface area contributed by atoms with Crippen LogP contribution < -0.4 is 5.73 Å². The molecule has 0 aliphatic heterocycles. The zero-order chi connectivity index (χ0) is 12.8. The lowest BCUT2D eigenvalue weighted by Gasteiger charge is -2.21. The van der Waals surface area contributed by atoms with Crippen LogP contribution >= 0.6 is 0 Å². The fourth-order valence-corrected chi connectivity index (χ4v) is 2.52. The zero-order valence-electron chi connectivity index (χ0n) is 11.1. The van der Waals surface area contributed by atoms with Crippen LogP contribution in [0.15, 0.2) is 24.3 Å². The molecule has 0 saturated heterocycles. The van der Waals surface area contributed by atoms with Crippen LogP contribution in [0.25, 0.3) is 0 Å². The van der Waals surface area contributed by atoms with Crippen LogP contribution in [-0.4, -0.2) is 6.54 Å². The molecule has 1 rings (SSSR count). The summed E-state index contributed by atoms with van der Waals surface area (Å²) in [6.07, 6.45) is 2.24. The summed E-state index contributed by atoms with van der Waals surface area (Å²) in [7, 11) is 0. The van der Waals surface area contributed by atoms with Crippen molar-refractivity contribution in [2.45, 2.75) is 39.5 Å². The van der Waals surface area contributed by atoms with Crippen molar-refractivity contribution in [3.63, 3.8) is 0 Å². The van der Waals surface area contributed by atoms with Gasteiger partial charge < -0.3 is 5.73 Å². The summed E-state index contributed by atoms with van der Waals surface area (Å²) >= 11 is 0. The SMILES string of the molecule is CC(C)CC(C)CC(CN)c1cccc(F)c1. The Kier molecular flexibility index (Phi) is 5.63. The van der Waals surface area contributed by atoms with E-state index in [1.54, 1.807) is 12.1 Å². The van der Waals surface area contributed by atoms with Gasteiger partial charge in [0.1, 0.15) is 5.82 Å². The highest BCUT2D eigenvalue weighted by Gasteiger charge is 2.15. The normalized spacial score (nSPS) is 14.9. The van der Waals surface area contributed by atoms with Crippen LogP contribution in [0.4, 0.5) is 4.39 Å². The van der Waals surface area contributed by atoms with Crippen molar-refractivity contribution in [1.82, 2.24) is 0 Å². The number of rotatable bonds is 6. The number of benzene rings is 1. The second kappa shape index (κ2) is 6.75. The number of halogens is 1. The van der Waals surface area contributed by atoms with Crippen molar-refractivity contribution in [2.75, 3.05) is 6.54 Å². The first-order valence-corrected chi connectivity index (χ1v) is 6.48. The first-order valence-electron chi connectivity index (χ1n) is 6.48. The molecule has 0 aromatic heterocycles. The van der Waals surface area contributed by atoms with Gasteiger partial charge >= 0.3 is 0 Å². The molecule has 0 amide bonds. The van der Waals surface area contributed by atoms with Crippen molar-refractivity contribution >= 4 is 0 Å². The van der Waals surface area contributed by atoms with Gasteiger partial charge in [-0.15, -0.1) is 0 Å². The predicted octanol–water partition coefficient (Wildman–Crippen LogP) is 3.94. The number of nitrogens with two attached hydrogens (primary N) is 1. The zero-order valence-corrected chi connectivity index (χ0v) is 11.1. The van der Waals surface area contributed by atoms with Crippen LogP contribution in [0.2, 0.25) is 0 Å². The van der Waals surface area contributed by atoms with Crippen molar-refractivity contribution in [2.24, 2.45) is 17.6 Å². The van der Waals surface area contributed by atoms with Gasteiger partial charge in [0.2, 0.25) is 0 Å². The van der Waals surface area contributed by atoms with E-state index >= 15 is 0 Å². The maximum Gasteiger partial charge on any atom is 0.123 e. The van der Waals surface area contributed by atoms with Gasteiger partial charge in [-0.1, -0.05) is 32.9 Å². The second-order valence-corrected chi connectivity index (χ2v) is 5.46. The fourth-order valence-electron chi connectivity index (χ4n) is 2.52. The molecule has 0 aliphatic carbocycles. The summed E-state index contributed by atoms with van der Waals surface area (Å²) in [5, 5.41) is 0. The summed E-state index contributed by atoms with van der Waals surface area (Å²) in [5.41, 5.74) is 6.84. The summed E-state index contributed by atoms with van der Waals surface area (Å²) in [4.78, 5) is 0. The monoisotopic (exact) mass is 237 g/mol. The van der Waals surface area contributed by atoms with Gasteiger partial charge in [-0.2, -0.15) is 0 Å². The highest BCUT2D eigenvalue weighted by Crippen LogP contribution is 2.26. The lowest BCUT2D eigenvalue weighted by atomic mass is 9.86. The first-order chi connectivity index (χ1) is 8.02. The molecule has 1 nitrogen and oxygen atoms in total. The Morgan fingerprint density at radius 3 is 2.41 bits per heavy atom. The molecule has 0 bridgehead atoms. The predicted molar refractivity (Wildman–Crippen MR) is 71.4 cm³/mol. The van der Waals surface area contributed by atoms with Gasteiger partial charge in [0, 0.05) is 0 Å². The largest absolute Gasteiger partial charge is 0.330 e. The minimum Gasteiger partial charge on any atom is -0.330 e. The van der Waals surface area contributed by atoms with Gasteiger partial charge in [-0.25, -0.2) is 4.39 Å². The summed E-state index contributed by atoms with van der Waals surface area (Å²) in [6.45, 7) is 7.31. The first kappa shape index (κ1) is 14.2. The van der Waals surface area contributed by atoms with Crippen molar-refractivity contribution < 1.29 is 4.39 Å². The van der Waals surface area contributed by atoms with E-state index in [2.05, 4.69) is 20.8 Å². The van der Waals surface area contributed by atoms with Crippen LogP contribution in [-0.2, 0) is 0 Å². The van der Waals surface area contributed by atoms with Gasteiger partial charge in [-0.3, -0.25) is 0 Å². The van der Waals surface area contributed by atoms with Crippen molar-refractivity contribution in [1.29, 1.82) is 0 Å². The van der Waals surface area contributed by atoms with E-state index in [1.807, 2.05) is 6.07 Å². The Hall–Kier alpha value is -0.890. The van der Waals surface area contributed by atoms with Gasteiger partial charge in [0.15, 0.2) is 0 Å². The molecule has 2 unspecified atom stereocenters. The van der Waals surface area contributed by atoms with Crippen LogP contribution in [0, 0.1) is 17.7 Å². The minimum atomic E-state index is -0.169. The lowest BCUT2D eigenvalue weighted by molar-refractivity contribution is 0.386. The summed E-state index contributed by atoms with van der Waals surface area (Å²) in [6, 6.07) is 6.83. The third kappa shape index (κ3) is 4.86. The quantitative estimate of drug-likeness (QED) is 0.796. The van der Waals surface area contributed by atoms with Crippen molar-refractivity contribution in [3.8, 4) is 0 Å². The van der Waals surface area contributed by atoms with Crippen LogP contribution in [0.1, 0.15) is 45.1 Å². The average Bonchev–Trinajstić information content (AvgIpc) is 2.24. The van der Waals surface area contributed by atoms with Gasteiger partial charge in [-0.05, 0) is 54.8 Å². The summed E-state index contributed by atoms with van der Waals surface area (Å²) < 4.78 is 13.2. The average molecular weight is 237 g/mol. The lowest BCUT2D eigenvalue weighted by Crippen LogP contribution is -2.16. The molecule has 0 heterocycles. The van der Waals surface area contributed by atoms with Gasteiger partial charge in [0.05, 0.1) is 0 Å². The van der Waals surface area contributed by atoms with Gasteiger partial charge in [0.25, 0.3) is 0 Å². The maximum atomic E-state index is 13.2. The Morgan fingerprint density at radius 2 is 1.88 bits per heavy atom. The molecule has 1 aromatic carbocycles. The van der Waals surface area contributed by atoms with Crippen molar-refractivity contribution in [3.05, 3.63) is 35.6 Å². The van der Waals surface area contributed by atoms with E-state index in [9.17, 15) is 4.39 Å². The molecular formula is C15H24FN. The second-order valence-electron chi connectivity index (χ2n) is 5.46. The topological polar surface area (TPSA) is 26.0 Å². The van der Waals surface area contributed by atoms with E-state index in [0.717, 1.165) is 12.0 Å². The van der Waals surface area contributed by atoms with Crippen LogP contribution in [0.3, 0.4) is 0 Å². The summed E-state index contributed by atoms with van der Waals surface area (Å²) in [5.74, 6) is 1.44. The standard InChI is InChI=1S/C15H24FN/c1-11(2)7-12(3)8-14(10-17)13-5-4-6-15(16)9-13/h4-6,9,11-12,14H,7-8,10,17H2,1-3H3. The molecular weight excluding hydrogens is 213 g/mol. The Balaban J connectivity index is 2.65. The third-order valence-corrected chi connectivity index (χ3v) is 3.17. The van der Waals surface area contributed by atoms with E-state index in [4.69, 9.17) is 5.73 Å². The van der Waals surface area contributed by atoms with E-state index in [0.29, 0.717) is 18.4 Å². The smallest absolute Gasteiger partial charge is 0.123 e. The Morgan fingerprint density at radius 1 is 1.18 bits per heavy atom. The molecule has 0 radical (unpaired) electrons. The Bertz CT molecular complexity index is 335. The molecule has 17 heavy (non-hydrogen) atoms. The number of hydrogen-bond acceptors (Lipinski definition) is 1. The number of hydrogen-bond donors (Lipinski definition) is 1. The maximum absolute atomic E-state index is 13.2. The molecule has 2 heteroatoms. The molecule has 2 N–H and O–H groups in total. The molecule has 96 valence electrons. The molecule has 0 aliphatic rings. The molecule has 0 fully saturated rings. The van der Waals surface area contributed by atoms with E-state index in [1.165, 1.54) is 12.5 Å². The highest BCUT2D eigenvalue weighted by atomic mass is 19.1. The van der Waals surface area contributed by atoms with Crippen LogP contribution in [0.5, 0.6) is 0 Å². The molecule has 0 spiro atoms. The molecule has 0 saturated carbocycles. The Labute approximate surface area is 104 Å².